The fraction of sp³-hybridized carbons (Fsp3) is 0.241. The minimum absolute atomic E-state index is 0.0594. The third kappa shape index (κ3) is 5.90. The van der Waals surface area contributed by atoms with E-state index in [9.17, 15) is 4.79 Å². The molecule has 3 aromatic carbocycles. The van der Waals surface area contributed by atoms with E-state index in [1.165, 1.54) is 0 Å². The highest BCUT2D eigenvalue weighted by Gasteiger charge is 2.19. The van der Waals surface area contributed by atoms with E-state index in [4.69, 9.17) is 14.5 Å². The van der Waals surface area contributed by atoms with Crippen molar-refractivity contribution in [2.45, 2.75) is 32.4 Å². The molecule has 4 aromatic rings. The number of para-hydroxylation sites is 3. The number of fused-ring (bicyclic) bond motifs is 1. The largest absolute Gasteiger partial charge is 0.497 e. The lowest BCUT2D eigenvalue weighted by molar-refractivity contribution is -0.121. The van der Waals surface area contributed by atoms with Crippen LogP contribution in [0, 0.1) is 0 Å². The summed E-state index contributed by atoms with van der Waals surface area (Å²) >= 11 is 0. The van der Waals surface area contributed by atoms with Crippen LogP contribution in [0.1, 0.15) is 29.9 Å². The molecule has 0 radical (unpaired) electrons. The van der Waals surface area contributed by atoms with Gasteiger partial charge in [-0.25, -0.2) is 4.98 Å². The molecule has 1 aromatic heterocycles. The zero-order chi connectivity index (χ0) is 24.6. The van der Waals surface area contributed by atoms with Crippen LogP contribution in [-0.4, -0.2) is 29.2 Å². The van der Waals surface area contributed by atoms with Crippen LogP contribution < -0.4 is 14.8 Å². The maximum absolute atomic E-state index is 12.8. The highest BCUT2D eigenvalue weighted by Crippen LogP contribution is 2.23. The average Bonchev–Trinajstić information content (AvgIpc) is 3.24. The molecule has 6 heteroatoms. The number of nitrogens with one attached hydrogen (secondary N) is 1. The van der Waals surface area contributed by atoms with Crippen molar-refractivity contribution in [3.63, 3.8) is 0 Å². The first-order valence-corrected chi connectivity index (χ1v) is 11.8. The van der Waals surface area contributed by atoms with Crippen molar-refractivity contribution in [3.8, 4) is 11.5 Å². The molecule has 0 saturated heterocycles. The Morgan fingerprint density at radius 2 is 1.83 bits per heavy atom. The van der Waals surface area contributed by atoms with Gasteiger partial charge in [0.05, 0.1) is 37.2 Å². The van der Waals surface area contributed by atoms with Crippen LogP contribution in [0.4, 0.5) is 0 Å². The van der Waals surface area contributed by atoms with E-state index in [1.54, 1.807) is 7.11 Å². The Hall–Kier alpha value is -4.06. The number of benzene rings is 3. The monoisotopic (exact) mass is 469 g/mol. The van der Waals surface area contributed by atoms with Crippen LogP contribution in [0.3, 0.4) is 0 Å². The molecule has 1 unspecified atom stereocenters. The number of nitrogens with zero attached hydrogens (tertiary/aromatic N) is 2. The molecule has 0 aliphatic heterocycles. The number of hydrogen-bond donors (Lipinski definition) is 1. The van der Waals surface area contributed by atoms with Crippen molar-refractivity contribution in [3.05, 3.63) is 102 Å². The molecule has 0 saturated carbocycles. The number of imidazole rings is 1. The molecule has 6 nitrogen and oxygen atoms in total. The summed E-state index contributed by atoms with van der Waals surface area (Å²) in [5, 5.41) is 3.10. The third-order valence-corrected chi connectivity index (χ3v) is 5.88. The van der Waals surface area contributed by atoms with Gasteiger partial charge in [0.2, 0.25) is 5.91 Å². The summed E-state index contributed by atoms with van der Waals surface area (Å²) in [4.78, 5) is 17.6. The van der Waals surface area contributed by atoms with E-state index in [0.717, 1.165) is 45.9 Å². The number of ether oxygens (including phenoxy) is 2. The van der Waals surface area contributed by atoms with Gasteiger partial charge in [0.15, 0.2) is 0 Å². The molecule has 0 fully saturated rings. The molecule has 180 valence electrons. The Bertz CT molecular complexity index is 1290. The molecule has 35 heavy (non-hydrogen) atoms. The summed E-state index contributed by atoms with van der Waals surface area (Å²) in [5.41, 5.74) is 3.94. The maximum atomic E-state index is 12.8. The van der Waals surface area contributed by atoms with Gasteiger partial charge in [0.1, 0.15) is 23.9 Å². The first-order valence-electron chi connectivity index (χ1n) is 11.8. The lowest BCUT2D eigenvalue weighted by atomic mass is 10.1. The molecule has 0 aliphatic rings. The molecule has 0 bridgehead atoms. The molecule has 1 heterocycles. The van der Waals surface area contributed by atoms with Gasteiger partial charge in [-0.2, -0.15) is 0 Å². The van der Waals surface area contributed by atoms with E-state index in [0.29, 0.717) is 13.2 Å². The van der Waals surface area contributed by atoms with Crippen LogP contribution in [0.15, 0.2) is 85.5 Å². The van der Waals surface area contributed by atoms with Crippen LogP contribution in [0.5, 0.6) is 11.5 Å². The Labute approximate surface area is 206 Å². The van der Waals surface area contributed by atoms with E-state index in [-0.39, 0.29) is 18.4 Å². The fourth-order valence-corrected chi connectivity index (χ4v) is 4.16. The van der Waals surface area contributed by atoms with Gasteiger partial charge in [-0.3, -0.25) is 4.79 Å². The molecule has 1 N–H and O–H groups in total. The van der Waals surface area contributed by atoms with Gasteiger partial charge >= 0.3 is 0 Å². The Morgan fingerprint density at radius 1 is 1.09 bits per heavy atom. The number of allylic oxidation sites excluding steroid dienone is 1. The standard InChI is InChI=1S/C29H31N3O3/c1-4-9-23-10-5-8-13-27(23)35-19-18-32-26-12-7-6-11-25(26)31-29(32)21(2)30-28(33)20-22-14-16-24(34-3)17-15-22/h4-8,10-17,21H,1,9,18-20H2,2-3H3,(H,30,33). The highest BCUT2D eigenvalue weighted by molar-refractivity contribution is 5.79. The van der Waals surface area contributed by atoms with Crippen LogP contribution >= 0.6 is 0 Å². The van der Waals surface area contributed by atoms with Gasteiger partial charge in [-0.15, -0.1) is 6.58 Å². The zero-order valence-corrected chi connectivity index (χ0v) is 20.2. The number of amides is 1. The average molecular weight is 470 g/mol. The Morgan fingerprint density at radius 3 is 2.60 bits per heavy atom. The molecule has 4 rings (SSSR count). The predicted molar refractivity (Wildman–Crippen MR) is 139 cm³/mol. The second-order valence-electron chi connectivity index (χ2n) is 8.37. The quantitative estimate of drug-likeness (QED) is 0.304. The first-order chi connectivity index (χ1) is 17.1. The molecule has 1 amide bonds. The van der Waals surface area contributed by atoms with Crippen molar-refractivity contribution in [1.82, 2.24) is 14.9 Å². The van der Waals surface area contributed by atoms with Gasteiger partial charge in [0, 0.05) is 0 Å². The van der Waals surface area contributed by atoms with Crippen molar-refractivity contribution < 1.29 is 14.3 Å². The van der Waals surface area contributed by atoms with Gasteiger partial charge in [0.25, 0.3) is 0 Å². The van der Waals surface area contributed by atoms with Gasteiger partial charge in [-0.05, 0) is 54.8 Å². The minimum atomic E-state index is -0.263. The molecular formula is C29H31N3O3. The van der Waals surface area contributed by atoms with Crippen LogP contribution in [0.25, 0.3) is 11.0 Å². The molecule has 0 aliphatic carbocycles. The predicted octanol–water partition coefficient (Wildman–Crippen LogP) is 5.27. The maximum Gasteiger partial charge on any atom is 0.224 e. The minimum Gasteiger partial charge on any atom is -0.497 e. The van der Waals surface area contributed by atoms with Crippen LogP contribution in [0.2, 0.25) is 0 Å². The Balaban J connectivity index is 1.47. The lowest BCUT2D eigenvalue weighted by Crippen LogP contribution is -2.30. The fourth-order valence-electron chi connectivity index (χ4n) is 4.16. The number of carbonyl (C=O) groups excluding carboxylic acids is 1. The van der Waals surface area contributed by atoms with E-state index in [1.807, 2.05) is 79.7 Å². The van der Waals surface area contributed by atoms with E-state index < -0.39 is 0 Å². The summed E-state index contributed by atoms with van der Waals surface area (Å²) in [7, 11) is 1.63. The second kappa shape index (κ2) is 11.4. The van der Waals surface area contributed by atoms with Crippen molar-refractivity contribution in [2.24, 2.45) is 0 Å². The lowest BCUT2D eigenvalue weighted by Gasteiger charge is -2.17. The molecule has 1 atom stereocenters. The molecule has 0 spiro atoms. The summed E-state index contributed by atoms with van der Waals surface area (Å²) in [5.74, 6) is 2.37. The van der Waals surface area contributed by atoms with Crippen molar-refractivity contribution in [2.75, 3.05) is 13.7 Å². The normalized spacial score (nSPS) is 11.7. The number of aromatic nitrogens is 2. The second-order valence-corrected chi connectivity index (χ2v) is 8.37. The third-order valence-electron chi connectivity index (χ3n) is 5.88. The zero-order valence-electron chi connectivity index (χ0n) is 20.2. The summed E-state index contributed by atoms with van der Waals surface area (Å²) in [6.07, 6.45) is 2.92. The number of rotatable bonds is 11. The summed E-state index contributed by atoms with van der Waals surface area (Å²) < 4.78 is 13.5. The number of methoxy groups -OCH3 is 1. The number of carbonyl (C=O) groups is 1. The van der Waals surface area contributed by atoms with E-state index >= 15 is 0 Å². The van der Waals surface area contributed by atoms with Gasteiger partial charge < -0.3 is 19.4 Å². The van der Waals surface area contributed by atoms with Crippen molar-refractivity contribution >= 4 is 16.9 Å². The summed E-state index contributed by atoms with van der Waals surface area (Å²) in [6, 6.07) is 23.3. The Kier molecular flexibility index (Phi) is 7.83. The molecular weight excluding hydrogens is 438 g/mol. The topological polar surface area (TPSA) is 65.4 Å². The SMILES string of the molecule is C=CCc1ccccc1OCCn1c(C(C)NC(=O)Cc2ccc(OC)cc2)nc2ccccc21. The number of hydrogen-bond acceptors (Lipinski definition) is 4. The smallest absolute Gasteiger partial charge is 0.224 e. The van der Waals surface area contributed by atoms with Crippen molar-refractivity contribution in [1.29, 1.82) is 0 Å². The first kappa shape index (κ1) is 24.1. The van der Waals surface area contributed by atoms with Crippen LogP contribution in [-0.2, 0) is 24.2 Å². The highest BCUT2D eigenvalue weighted by atomic mass is 16.5. The summed E-state index contributed by atoms with van der Waals surface area (Å²) in [6.45, 7) is 6.88. The van der Waals surface area contributed by atoms with Gasteiger partial charge in [-0.1, -0.05) is 48.5 Å². The van der Waals surface area contributed by atoms with E-state index in [2.05, 4.69) is 22.5 Å².